The highest BCUT2D eigenvalue weighted by atomic mass is 32.1. The Balaban J connectivity index is 1.90. The van der Waals surface area contributed by atoms with Gasteiger partial charge in [0, 0.05) is 13.1 Å². The largest absolute Gasteiger partial charge is 0.435 e. The lowest BCUT2D eigenvalue weighted by atomic mass is 10.2. The fraction of sp³-hybridized carbons (Fsp3) is 0.208. The van der Waals surface area contributed by atoms with Crippen molar-refractivity contribution in [3.8, 4) is 17.5 Å². The summed E-state index contributed by atoms with van der Waals surface area (Å²) in [6.07, 6.45) is 3.35. The van der Waals surface area contributed by atoms with Crippen LogP contribution >= 0.6 is 11.3 Å². The van der Waals surface area contributed by atoms with Crippen LogP contribution in [0.25, 0.3) is 17.3 Å². The third kappa shape index (κ3) is 4.86. The van der Waals surface area contributed by atoms with Crippen molar-refractivity contribution >= 4 is 28.9 Å². The number of carbonyl (C=O) groups is 1. The number of nitriles is 1. The van der Waals surface area contributed by atoms with Gasteiger partial charge < -0.3 is 9.64 Å². The van der Waals surface area contributed by atoms with Gasteiger partial charge in [0.1, 0.15) is 16.5 Å². The van der Waals surface area contributed by atoms with Crippen LogP contribution in [-0.4, -0.2) is 35.1 Å². The molecule has 0 spiro atoms. The molecule has 2 aromatic carbocycles. The van der Waals surface area contributed by atoms with Crippen molar-refractivity contribution in [1.29, 1.82) is 5.26 Å². The summed E-state index contributed by atoms with van der Waals surface area (Å²) in [6, 6.07) is 16.7. The highest BCUT2D eigenvalue weighted by Crippen LogP contribution is 2.15. The van der Waals surface area contributed by atoms with Crippen LogP contribution in [0.4, 0.5) is 8.78 Å². The van der Waals surface area contributed by atoms with E-state index in [9.17, 15) is 23.6 Å². The Bertz CT molecular complexity index is 1370. The minimum absolute atomic E-state index is 0.00650. The normalized spacial score (nSPS) is 15.0. The number of nitrogens with zero attached hydrogens (tertiary/aromatic N) is 3. The number of para-hydroxylation sites is 1. The number of thiazole rings is 1. The fourth-order valence-electron chi connectivity index (χ4n) is 3.62. The highest BCUT2D eigenvalue weighted by molar-refractivity contribution is 7.07. The first-order valence-corrected chi connectivity index (χ1v) is 11.1. The van der Waals surface area contributed by atoms with E-state index in [0.717, 1.165) is 24.2 Å². The molecule has 1 aliphatic rings. The van der Waals surface area contributed by atoms with Gasteiger partial charge >= 0.3 is 6.61 Å². The molecule has 4 rings (SSSR count). The van der Waals surface area contributed by atoms with Crippen LogP contribution in [0.5, 0.6) is 5.75 Å². The Kier molecular flexibility index (Phi) is 6.66. The molecule has 1 aliphatic heterocycles. The van der Waals surface area contributed by atoms with Crippen molar-refractivity contribution in [3.05, 3.63) is 79.7 Å². The molecule has 0 radical (unpaired) electrons. The van der Waals surface area contributed by atoms with Crippen molar-refractivity contribution in [2.45, 2.75) is 19.5 Å². The Morgan fingerprint density at radius 1 is 1.09 bits per heavy atom. The second-order valence-corrected chi connectivity index (χ2v) is 8.36. The van der Waals surface area contributed by atoms with Crippen molar-refractivity contribution in [3.63, 3.8) is 0 Å². The van der Waals surface area contributed by atoms with Crippen molar-refractivity contribution in [2.24, 2.45) is 0 Å². The van der Waals surface area contributed by atoms with Crippen LogP contribution in [0.3, 0.4) is 0 Å². The molecule has 1 aromatic heterocycles. The number of likely N-dealkylation sites (tertiary alicyclic amines) is 1. The van der Waals surface area contributed by atoms with E-state index in [0.29, 0.717) is 28.9 Å². The minimum Gasteiger partial charge on any atom is -0.435 e. The number of amides is 1. The minimum atomic E-state index is -2.93. The number of alkyl halides is 2. The second-order valence-electron chi connectivity index (χ2n) is 7.33. The van der Waals surface area contributed by atoms with Crippen molar-refractivity contribution in [1.82, 2.24) is 9.47 Å². The third-order valence-corrected chi connectivity index (χ3v) is 6.27. The smallest absolute Gasteiger partial charge is 0.387 e. The molecule has 0 aliphatic carbocycles. The molecule has 33 heavy (non-hydrogen) atoms. The van der Waals surface area contributed by atoms with Gasteiger partial charge in [-0.3, -0.25) is 14.2 Å². The number of hydrogen-bond donors (Lipinski definition) is 0. The van der Waals surface area contributed by atoms with Gasteiger partial charge in [0.2, 0.25) is 0 Å². The van der Waals surface area contributed by atoms with E-state index >= 15 is 0 Å². The average Bonchev–Trinajstić information content (AvgIpc) is 3.45. The molecule has 0 unspecified atom stereocenters. The Hall–Kier alpha value is -3.77. The first-order valence-electron chi connectivity index (χ1n) is 10.3. The predicted molar refractivity (Wildman–Crippen MR) is 121 cm³/mol. The quantitative estimate of drug-likeness (QED) is 0.578. The molecule has 0 N–H and O–H groups in total. The van der Waals surface area contributed by atoms with E-state index in [-0.39, 0.29) is 27.5 Å². The van der Waals surface area contributed by atoms with Gasteiger partial charge in [-0.15, -0.1) is 11.3 Å². The summed E-state index contributed by atoms with van der Waals surface area (Å²) in [5.41, 5.74) is 0.668. The van der Waals surface area contributed by atoms with Crippen molar-refractivity contribution in [2.75, 3.05) is 13.1 Å². The number of rotatable bonds is 5. The number of hydrogen-bond acceptors (Lipinski definition) is 5. The summed E-state index contributed by atoms with van der Waals surface area (Å²) in [4.78, 5) is 28.0. The first kappa shape index (κ1) is 22.4. The third-order valence-electron chi connectivity index (χ3n) is 5.17. The zero-order valence-electron chi connectivity index (χ0n) is 17.4. The number of aromatic nitrogens is 1. The summed E-state index contributed by atoms with van der Waals surface area (Å²) >= 11 is 1.05. The summed E-state index contributed by atoms with van der Waals surface area (Å²) in [5, 5.41) is 9.85. The van der Waals surface area contributed by atoms with E-state index in [4.69, 9.17) is 0 Å². The van der Waals surface area contributed by atoms with E-state index in [1.54, 1.807) is 53.4 Å². The van der Waals surface area contributed by atoms with E-state index < -0.39 is 6.61 Å². The maximum atomic E-state index is 13.3. The Morgan fingerprint density at radius 3 is 2.36 bits per heavy atom. The zero-order chi connectivity index (χ0) is 23.4. The van der Waals surface area contributed by atoms with E-state index in [1.165, 1.54) is 16.7 Å². The fourth-order valence-corrected chi connectivity index (χ4v) is 4.72. The van der Waals surface area contributed by atoms with E-state index in [2.05, 4.69) is 4.74 Å². The predicted octanol–water partition coefficient (Wildman–Crippen LogP) is 2.63. The topological polar surface area (TPSA) is 75.3 Å². The van der Waals surface area contributed by atoms with Crippen molar-refractivity contribution < 1.29 is 18.3 Å². The molecular formula is C24H19F2N3O3S. The molecule has 0 saturated carbocycles. The standard InChI is InChI=1S/C24H19F2N3O3S/c25-24(26)32-18-10-8-16(9-11-18)14-20-22(31)29(17-6-2-1-3-7-17)23(33-20)19(15-27)21(30)28-12-4-5-13-28/h1-3,6-11,14,24H,4-5,12-13H2. The van der Waals surface area contributed by atoms with Crippen LogP contribution in [0.15, 0.2) is 59.4 Å². The highest BCUT2D eigenvalue weighted by Gasteiger charge is 2.24. The molecule has 0 bridgehead atoms. The lowest BCUT2D eigenvalue weighted by Crippen LogP contribution is -2.35. The van der Waals surface area contributed by atoms with Gasteiger partial charge in [-0.05, 0) is 48.7 Å². The maximum absolute atomic E-state index is 13.3. The van der Waals surface area contributed by atoms with Crippen LogP contribution in [-0.2, 0) is 4.79 Å². The molecule has 3 aromatic rings. The summed E-state index contributed by atoms with van der Waals surface area (Å²) in [7, 11) is 0. The summed E-state index contributed by atoms with van der Waals surface area (Å²) in [5.74, 6) is -0.381. The molecule has 6 nitrogen and oxygen atoms in total. The van der Waals surface area contributed by atoms with Crippen LogP contribution in [0.2, 0.25) is 0 Å². The number of benzene rings is 2. The summed E-state index contributed by atoms with van der Waals surface area (Å²) < 4.78 is 31.1. The Labute approximate surface area is 191 Å². The van der Waals surface area contributed by atoms with Crippen LogP contribution in [0.1, 0.15) is 18.4 Å². The number of ether oxygens (including phenoxy) is 1. The SMILES string of the molecule is N#CC(C(=O)N1CCCC1)=c1sc(=Cc2ccc(OC(F)F)cc2)c(=O)n1-c1ccccc1. The van der Waals surface area contributed by atoms with Crippen LogP contribution < -0.4 is 19.5 Å². The molecule has 1 fully saturated rings. The molecule has 0 atom stereocenters. The molecule has 1 amide bonds. The number of halogens is 2. The van der Waals surface area contributed by atoms with Gasteiger partial charge in [0.25, 0.3) is 11.5 Å². The first-order chi connectivity index (χ1) is 16.0. The summed E-state index contributed by atoms with van der Waals surface area (Å²) in [6.45, 7) is -1.76. The molecule has 168 valence electrons. The van der Waals surface area contributed by atoms with Crippen LogP contribution in [0, 0.1) is 11.3 Å². The second kappa shape index (κ2) is 9.79. The van der Waals surface area contributed by atoms with Gasteiger partial charge in [-0.2, -0.15) is 14.0 Å². The lowest BCUT2D eigenvalue weighted by molar-refractivity contribution is -0.123. The zero-order valence-corrected chi connectivity index (χ0v) is 18.2. The lowest BCUT2D eigenvalue weighted by Gasteiger charge is -2.14. The molecule has 9 heteroatoms. The van der Waals surface area contributed by atoms with Gasteiger partial charge in [0.15, 0.2) is 5.57 Å². The van der Waals surface area contributed by atoms with Gasteiger partial charge in [-0.25, -0.2) is 0 Å². The van der Waals surface area contributed by atoms with E-state index in [1.807, 2.05) is 6.07 Å². The average molecular weight is 467 g/mol. The monoisotopic (exact) mass is 467 g/mol. The Morgan fingerprint density at radius 2 is 1.76 bits per heavy atom. The van der Waals surface area contributed by atoms with Gasteiger partial charge in [0.05, 0.1) is 10.2 Å². The molecule has 2 heterocycles. The number of carbonyl (C=O) groups excluding carboxylic acids is 1. The molecular weight excluding hydrogens is 448 g/mol. The molecule has 1 saturated heterocycles. The maximum Gasteiger partial charge on any atom is 0.387 e. The van der Waals surface area contributed by atoms with Gasteiger partial charge in [-0.1, -0.05) is 30.3 Å².